The van der Waals surface area contributed by atoms with Crippen molar-refractivity contribution in [2.24, 2.45) is 0 Å². The van der Waals surface area contributed by atoms with Crippen molar-refractivity contribution in [3.63, 3.8) is 0 Å². The fourth-order valence-electron chi connectivity index (χ4n) is 2.22. The van der Waals surface area contributed by atoms with Crippen LogP contribution in [-0.2, 0) is 6.54 Å². The predicted octanol–water partition coefficient (Wildman–Crippen LogP) is 3.73. The van der Waals surface area contributed by atoms with Gasteiger partial charge in [-0.25, -0.2) is 0 Å². The summed E-state index contributed by atoms with van der Waals surface area (Å²) in [6.07, 6.45) is 0. The SMILES string of the molecule is N#Cc1ccc(NCc2cc(-c3ccccc3)on2)c([N+](=O)[O-])c1. The summed E-state index contributed by atoms with van der Waals surface area (Å²) >= 11 is 0. The Bertz CT molecular complexity index is 913. The van der Waals surface area contributed by atoms with Crippen LogP contribution in [0.2, 0.25) is 0 Å². The molecule has 1 heterocycles. The van der Waals surface area contributed by atoms with E-state index in [1.165, 1.54) is 18.2 Å². The van der Waals surface area contributed by atoms with Gasteiger partial charge in [-0.1, -0.05) is 35.5 Å². The quantitative estimate of drug-likeness (QED) is 0.567. The highest BCUT2D eigenvalue weighted by molar-refractivity contribution is 5.64. The lowest BCUT2D eigenvalue weighted by Gasteiger charge is -2.05. The van der Waals surface area contributed by atoms with E-state index in [1.807, 2.05) is 36.4 Å². The Morgan fingerprint density at radius 3 is 2.71 bits per heavy atom. The molecule has 7 heteroatoms. The second-order valence-corrected chi connectivity index (χ2v) is 5.00. The van der Waals surface area contributed by atoms with E-state index in [2.05, 4.69) is 10.5 Å². The number of nitrogens with one attached hydrogen (secondary N) is 1. The summed E-state index contributed by atoms with van der Waals surface area (Å²) in [6.45, 7) is 0.267. The van der Waals surface area contributed by atoms with Crippen LogP contribution in [0.25, 0.3) is 11.3 Å². The number of nitro benzene ring substituents is 1. The number of nitrogens with zero attached hydrogens (tertiary/aromatic N) is 3. The molecule has 7 nitrogen and oxygen atoms in total. The van der Waals surface area contributed by atoms with Gasteiger partial charge >= 0.3 is 0 Å². The first-order valence-corrected chi connectivity index (χ1v) is 7.11. The molecule has 0 bridgehead atoms. The van der Waals surface area contributed by atoms with Crippen LogP contribution in [-0.4, -0.2) is 10.1 Å². The highest BCUT2D eigenvalue weighted by Gasteiger charge is 2.15. The van der Waals surface area contributed by atoms with Gasteiger partial charge < -0.3 is 9.84 Å². The lowest BCUT2D eigenvalue weighted by molar-refractivity contribution is -0.384. The third-order valence-electron chi connectivity index (χ3n) is 3.40. The van der Waals surface area contributed by atoms with Gasteiger partial charge in [0, 0.05) is 17.7 Å². The summed E-state index contributed by atoms with van der Waals surface area (Å²) in [5.74, 6) is 0.627. The Kier molecular flexibility index (Phi) is 4.21. The molecule has 0 aliphatic rings. The molecule has 0 fully saturated rings. The predicted molar refractivity (Wildman–Crippen MR) is 87.1 cm³/mol. The molecule has 0 radical (unpaired) electrons. The van der Waals surface area contributed by atoms with Crippen LogP contribution in [0.3, 0.4) is 0 Å². The summed E-state index contributed by atoms with van der Waals surface area (Å²) < 4.78 is 5.29. The highest BCUT2D eigenvalue weighted by Crippen LogP contribution is 2.26. The average Bonchev–Trinajstić information content (AvgIpc) is 3.09. The van der Waals surface area contributed by atoms with Crippen LogP contribution < -0.4 is 5.32 Å². The molecule has 0 amide bonds. The summed E-state index contributed by atoms with van der Waals surface area (Å²) in [6, 6.07) is 17.4. The van der Waals surface area contributed by atoms with Crippen molar-refractivity contribution in [1.82, 2.24) is 5.16 Å². The van der Waals surface area contributed by atoms with Gasteiger partial charge in [-0.2, -0.15) is 5.26 Å². The molecule has 118 valence electrons. The van der Waals surface area contributed by atoms with Gasteiger partial charge in [0.25, 0.3) is 5.69 Å². The molecule has 0 saturated heterocycles. The average molecular weight is 320 g/mol. The Balaban J connectivity index is 1.76. The van der Waals surface area contributed by atoms with Crippen molar-refractivity contribution >= 4 is 11.4 Å². The number of nitriles is 1. The van der Waals surface area contributed by atoms with Crippen molar-refractivity contribution in [2.75, 3.05) is 5.32 Å². The Labute approximate surface area is 137 Å². The minimum Gasteiger partial charge on any atom is -0.374 e. The molecule has 24 heavy (non-hydrogen) atoms. The van der Waals surface area contributed by atoms with E-state index in [1.54, 1.807) is 6.07 Å². The smallest absolute Gasteiger partial charge is 0.293 e. The van der Waals surface area contributed by atoms with Crippen molar-refractivity contribution in [2.45, 2.75) is 6.54 Å². The van der Waals surface area contributed by atoms with Crippen molar-refractivity contribution < 1.29 is 9.45 Å². The first-order valence-electron chi connectivity index (χ1n) is 7.11. The fourth-order valence-corrected chi connectivity index (χ4v) is 2.22. The minimum atomic E-state index is -0.526. The maximum Gasteiger partial charge on any atom is 0.293 e. The van der Waals surface area contributed by atoms with Gasteiger partial charge in [-0.05, 0) is 12.1 Å². The van der Waals surface area contributed by atoms with Crippen LogP contribution in [0.4, 0.5) is 11.4 Å². The normalized spacial score (nSPS) is 10.1. The first-order chi connectivity index (χ1) is 11.7. The van der Waals surface area contributed by atoms with Crippen molar-refractivity contribution in [1.29, 1.82) is 5.26 Å². The lowest BCUT2D eigenvalue weighted by atomic mass is 10.1. The number of benzene rings is 2. The van der Waals surface area contributed by atoms with Crippen LogP contribution in [0.15, 0.2) is 59.1 Å². The zero-order chi connectivity index (χ0) is 16.9. The molecule has 3 rings (SSSR count). The summed E-state index contributed by atoms with van der Waals surface area (Å²) in [5.41, 5.74) is 1.93. The van der Waals surface area contributed by atoms with Gasteiger partial charge in [0.1, 0.15) is 11.4 Å². The van der Waals surface area contributed by atoms with Crippen molar-refractivity contribution in [3.8, 4) is 17.4 Å². The summed E-state index contributed by atoms with van der Waals surface area (Å²) in [7, 11) is 0. The highest BCUT2D eigenvalue weighted by atomic mass is 16.6. The van der Waals surface area contributed by atoms with Crippen LogP contribution >= 0.6 is 0 Å². The van der Waals surface area contributed by atoms with Crippen molar-refractivity contribution in [3.05, 3.63) is 76.0 Å². The molecular weight excluding hydrogens is 308 g/mol. The van der Waals surface area contributed by atoms with E-state index in [9.17, 15) is 10.1 Å². The van der Waals surface area contributed by atoms with E-state index < -0.39 is 4.92 Å². The Hall–Kier alpha value is -3.66. The van der Waals surface area contributed by atoms with Gasteiger partial charge in [0.2, 0.25) is 0 Å². The fraction of sp³-hybridized carbons (Fsp3) is 0.0588. The number of hydrogen-bond donors (Lipinski definition) is 1. The van der Waals surface area contributed by atoms with Gasteiger partial charge in [0.15, 0.2) is 5.76 Å². The molecule has 0 aliphatic heterocycles. The molecule has 1 aromatic heterocycles. The van der Waals surface area contributed by atoms with E-state index in [0.29, 0.717) is 17.1 Å². The van der Waals surface area contributed by atoms with Crippen LogP contribution in [0.1, 0.15) is 11.3 Å². The van der Waals surface area contributed by atoms with E-state index in [-0.39, 0.29) is 17.8 Å². The second-order valence-electron chi connectivity index (χ2n) is 5.00. The lowest BCUT2D eigenvalue weighted by Crippen LogP contribution is -2.03. The Morgan fingerprint density at radius 2 is 2.00 bits per heavy atom. The molecule has 0 atom stereocenters. The third kappa shape index (κ3) is 3.23. The monoisotopic (exact) mass is 320 g/mol. The Morgan fingerprint density at radius 1 is 1.21 bits per heavy atom. The largest absolute Gasteiger partial charge is 0.374 e. The molecule has 0 aliphatic carbocycles. The van der Waals surface area contributed by atoms with Crippen LogP contribution in [0.5, 0.6) is 0 Å². The maximum absolute atomic E-state index is 11.1. The van der Waals surface area contributed by atoms with E-state index in [0.717, 1.165) is 5.56 Å². The van der Waals surface area contributed by atoms with E-state index in [4.69, 9.17) is 9.78 Å². The number of rotatable bonds is 5. The standard InChI is InChI=1S/C17H12N4O3/c18-10-12-6-7-15(16(8-12)21(22)23)19-11-14-9-17(24-20-14)13-4-2-1-3-5-13/h1-9,19H,11H2. The summed E-state index contributed by atoms with van der Waals surface area (Å²) in [5, 5.41) is 26.9. The molecule has 0 spiro atoms. The number of aromatic nitrogens is 1. The molecule has 0 unspecified atom stereocenters. The molecule has 0 saturated carbocycles. The molecule has 3 aromatic rings. The first kappa shape index (κ1) is 15.2. The van der Waals surface area contributed by atoms with Gasteiger partial charge in [-0.3, -0.25) is 10.1 Å². The number of nitro groups is 1. The molecule has 2 aromatic carbocycles. The van der Waals surface area contributed by atoms with Crippen LogP contribution in [0, 0.1) is 21.4 Å². The molecular formula is C17H12N4O3. The van der Waals surface area contributed by atoms with Gasteiger partial charge in [-0.15, -0.1) is 0 Å². The second kappa shape index (κ2) is 6.62. The zero-order valence-electron chi connectivity index (χ0n) is 12.5. The molecule has 1 N–H and O–H groups in total. The number of anilines is 1. The van der Waals surface area contributed by atoms with E-state index >= 15 is 0 Å². The topological polar surface area (TPSA) is 105 Å². The zero-order valence-corrected chi connectivity index (χ0v) is 12.5. The third-order valence-corrected chi connectivity index (χ3v) is 3.40. The minimum absolute atomic E-state index is 0.152. The maximum atomic E-state index is 11.1. The number of hydrogen-bond acceptors (Lipinski definition) is 6. The van der Waals surface area contributed by atoms with Gasteiger partial charge in [0.05, 0.1) is 23.1 Å². The summed E-state index contributed by atoms with van der Waals surface area (Å²) in [4.78, 5) is 10.6.